The van der Waals surface area contributed by atoms with Crippen molar-refractivity contribution in [3.8, 4) is 0 Å². The molecule has 17 heavy (non-hydrogen) atoms. The zero-order valence-electron chi connectivity index (χ0n) is 10.6. The Morgan fingerprint density at radius 2 is 2.00 bits per heavy atom. The summed E-state index contributed by atoms with van der Waals surface area (Å²) in [5.41, 5.74) is 2.78. The van der Waals surface area contributed by atoms with Crippen LogP contribution >= 0.6 is 0 Å². The summed E-state index contributed by atoms with van der Waals surface area (Å²) >= 11 is 0. The average molecular weight is 232 g/mol. The third-order valence-corrected chi connectivity index (χ3v) is 4.02. The molecule has 1 aromatic carbocycles. The first-order valence-electron chi connectivity index (χ1n) is 6.39. The summed E-state index contributed by atoms with van der Waals surface area (Å²) in [5.74, 6) is 0. The van der Waals surface area contributed by atoms with Gasteiger partial charge in [0.25, 0.3) is 0 Å². The maximum atomic E-state index is 5.97. The third-order valence-electron chi connectivity index (χ3n) is 4.02. The van der Waals surface area contributed by atoms with E-state index in [1.54, 1.807) is 0 Å². The van der Waals surface area contributed by atoms with Crippen molar-refractivity contribution in [1.82, 2.24) is 4.90 Å². The van der Waals surface area contributed by atoms with Crippen molar-refractivity contribution in [2.75, 3.05) is 38.7 Å². The number of rotatable bonds is 0. The van der Waals surface area contributed by atoms with E-state index in [0.717, 1.165) is 26.1 Å². The van der Waals surface area contributed by atoms with Gasteiger partial charge >= 0.3 is 0 Å². The first-order chi connectivity index (χ1) is 8.27. The molecule has 0 bridgehead atoms. The van der Waals surface area contributed by atoms with Crippen molar-refractivity contribution in [3.05, 3.63) is 29.8 Å². The van der Waals surface area contributed by atoms with E-state index in [2.05, 4.69) is 48.2 Å². The van der Waals surface area contributed by atoms with Crippen LogP contribution in [-0.2, 0) is 4.74 Å². The normalized spacial score (nSPS) is 29.4. The number of nitrogens with zero attached hydrogens (tertiary/aromatic N) is 2. The van der Waals surface area contributed by atoms with E-state index in [-0.39, 0.29) is 0 Å². The van der Waals surface area contributed by atoms with Crippen molar-refractivity contribution in [2.24, 2.45) is 0 Å². The molecule has 2 aliphatic heterocycles. The summed E-state index contributed by atoms with van der Waals surface area (Å²) in [4.78, 5) is 4.79. The molecule has 3 rings (SSSR count). The third kappa shape index (κ3) is 1.83. The number of hydrogen-bond acceptors (Lipinski definition) is 3. The second-order valence-corrected chi connectivity index (χ2v) is 5.10. The van der Waals surface area contributed by atoms with E-state index in [4.69, 9.17) is 4.74 Å². The van der Waals surface area contributed by atoms with Crippen LogP contribution < -0.4 is 4.90 Å². The number of fused-ring (bicyclic) bond motifs is 3. The quantitative estimate of drug-likeness (QED) is 0.679. The minimum Gasteiger partial charge on any atom is -0.375 e. The summed E-state index contributed by atoms with van der Waals surface area (Å²) in [7, 11) is 4.39. The summed E-state index contributed by atoms with van der Waals surface area (Å²) in [6.45, 7) is 2.97. The molecule has 92 valence electrons. The highest BCUT2D eigenvalue weighted by Crippen LogP contribution is 2.38. The number of hydrogen-bond donors (Lipinski definition) is 0. The number of para-hydroxylation sites is 1. The lowest BCUT2D eigenvalue weighted by Crippen LogP contribution is -2.42. The Morgan fingerprint density at radius 3 is 2.88 bits per heavy atom. The van der Waals surface area contributed by atoms with Crippen molar-refractivity contribution in [1.29, 1.82) is 0 Å². The lowest BCUT2D eigenvalue weighted by Gasteiger charge is -2.38. The monoisotopic (exact) mass is 232 g/mol. The smallest absolute Gasteiger partial charge is 0.0790 e. The molecule has 1 saturated heterocycles. The van der Waals surface area contributed by atoms with E-state index in [0.29, 0.717) is 12.1 Å². The largest absolute Gasteiger partial charge is 0.375 e. The fourth-order valence-electron chi connectivity index (χ4n) is 3.07. The lowest BCUT2D eigenvalue weighted by molar-refractivity contribution is -0.0635. The standard InChI is InChI=1S/C14H20N2O/c1-15-8-7-13-14(16(2)9-10-17-13)11-5-3-4-6-12(11)15/h3-6,13-14H,7-10H2,1-2H3. The average Bonchev–Trinajstić information content (AvgIpc) is 2.49. The van der Waals surface area contributed by atoms with E-state index in [1.165, 1.54) is 11.3 Å². The number of likely N-dealkylation sites (N-methyl/N-ethyl adjacent to an activating group) is 1. The van der Waals surface area contributed by atoms with Crippen LogP contribution in [0.1, 0.15) is 18.0 Å². The highest BCUT2D eigenvalue weighted by atomic mass is 16.5. The van der Waals surface area contributed by atoms with Crippen LogP contribution in [0.2, 0.25) is 0 Å². The molecule has 2 aliphatic rings. The summed E-state index contributed by atoms with van der Waals surface area (Å²) in [5, 5.41) is 0. The van der Waals surface area contributed by atoms with Gasteiger partial charge in [-0.05, 0) is 25.1 Å². The van der Waals surface area contributed by atoms with Gasteiger partial charge in [0, 0.05) is 25.8 Å². The van der Waals surface area contributed by atoms with Crippen LogP contribution in [0, 0.1) is 0 Å². The second kappa shape index (κ2) is 4.31. The van der Waals surface area contributed by atoms with Crippen LogP contribution in [-0.4, -0.2) is 44.8 Å². The number of morpholine rings is 1. The van der Waals surface area contributed by atoms with E-state index < -0.39 is 0 Å². The molecule has 0 aromatic heterocycles. The first-order valence-corrected chi connectivity index (χ1v) is 6.39. The summed E-state index contributed by atoms with van der Waals surface area (Å²) in [6, 6.07) is 9.15. The minimum absolute atomic E-state index is 0.347. The Bertz CT molecular complexity index is 407. The first kappa shape index (κ1) is 11.1. The van der Waals surface area contributed by atoms with Gasteiger partial charge < -0.3 is 9.64 Å². The van der Waals surface area contributed by atoms with Gasteiger partial charge in [-0.1, -0.05) is 18.2 Å². The van der Waals surface area contributed by atoms with Gasteiger partial charge in [-0.25, -0.2) is 0 Å². The minimum atomic E-state index is 0.347. The van der Waals surface area contributed by atoms with E-state index in [9.17, 15) is 0 Å². The maximum Gasteiger partial charge on any atom is 0.0790 e. The predicted molar refractivity (Wildman–Crippen MR) is 69.4 cm³/mol. The van der Waals surface area contributed by atoms with E-state index >= 15 is 0 Å². The van der Waals surface area contributed by atoms with Crippen molar-refractivity contribution in [3.63, 3.8) is 0 Å². The highest BCUT2D eigenvalue weighted by Gasteiger charge is 2.35. The molecule has 1 aromatic rings. The highest BCUT2D eigenvalue weighted by molar-refractivity contribution is 5.55. The van der Waals surface area contributed by atoms with Crippen LogP contribution in [0.4, 0.5) is 5.69 Å². The molecular formula is C14H20N2O. The molecule has 0 radical (unpaired) electrons. The molecule has 2 atom stereocenters. The molecule has 0 amide bonds. The Morgan fingerprint density at radius 1 is 1.18 bits per heavy atom. The number of anilines is 1. The Labute approximate surface area is 103 Å². The lowest BCUT2D eigenvalue weighted by atomic mass is 9.96. The maximum absolute atomic E-state index is 5.97. The molecule has 0 N–H and O–H groups in total. The number of ether oxygens (including phenoxy) is 1. The fourth-order valence-corrected chi connectivity index (χ4v) is 3.07. The van der Waals surface area contributed by atoms with Gasteiger partial charge in [0.05, 0.1) is 18.8 Å². The number of benzene rings is 1. The SMILES string of the molecule is CN1CCC2OCCN(C)C2c2ccccc21. The van der Waals surface area contributed by atoms with Gasteiger partial charge in [-0.15, -0.1) is 0 Å². The Kier molecular flexibility index (Phi) is 2.81. The Balaban J connectivity index is 2.06. The molecule has 2 heterocycles. The van der Waals surface area contributed by atoms with E-state index in [1.807, 2.05) is 0 Å². The molecule has 3 nitrogen and oxygen atoms in total. The molecule has 2 unspecified atom stereocenters. The molecule has 3 heteroatoms. The van der Waals surface area contributed by atoms with Crippen molar-refractivity contribution < 1.29 is 4.74 Å². The molecular weight excluding hydrogens is 212 g/mol. The Hall–Kier alpha value is -1.06. The molecule has 0 aliphatic carbocycles. The van der Waals surface area contributed by atoms with Crippen LogP contribution in [0.15, 0.2) is 24.3 Å². The zero-order chi connectivity index (χ0) is 11.8. The topological polar surface area (TPSA) is 15.7 Å². The van der Waals surface area contributed by atoms with Gasteiger partial charge in [0.2, 0.25) is 0 Å². The van der Waals surface area contributed by atoms with Crippen molar-refractivity contribution >= 4 is 5.69 Å². The summed E-state index contributed by atoms with van der Waals surface area (Å²) in [6.07, 6.45) is 1.46. The zero-order valence-corrected chi connectivity index (χ0v) is 10.6. The molecule has 1 fully saturated rings. The van der Waals surface area contributed by atoms with Gasteiger partial charge in [0.1, 0.15) is 0 Å². The van der Waals surface area contributed by atoms with Crippen LogP contribution in [0.25, 0.3) is 0 Å². The van der Waals surface area contributed by atoms with Gasteiger partial charge in [-0.2, -0.15) is 0 Å². The van der Waals surface area contributed by atoms with Gasteiger partial charge in [-0.3, -0.25) is 4.90 Å². The predicted octanol–water partition coefficient (Wildman–Crippen LogP) is 1.90. The van der Waals surface area contributed by atoms with Crippen molar-refractivity contribution in [2.45, 2.75) is 18.6 Å². The fraction of sp³-hybridized carbons (Fsp3) is 0.571. The second-order valence-electron chi connectivity index (χ2n) is 5.10. The molecule has 0 saturated carbocycles. The summed E-state index contributed by atoms with van der Waals surface area (Å²) < 4.78 is 5.97. The van der Waals surface area contributed by atoms with Crippen LogP contribution in [0.5, 0.6) is 0 Å². The van der Waals surface area contributed by atoms with Gasteiger partial charge in [0.15, 0.2) is 0 Å². The molecule has 0 spiro atoms. The van der Waals surface area contributed by atoms with Crippen LogP contribution in [0.3, 0.4) is 0 Å².